The van der Waals surface area contributed by atoms with Crippen molar-refractivity contribution in [3.05, 3.63) is 35.4 Å². The van der Waals surface area contributed by atoms with Gasteiger partial charge in [-0.2, -0.15) is 24.9 Å². The summed E-state index contributed by atoms with van der Waals surface area (Å²) in [6.45, 7) is 3.81. The normalized spacial score (nSPS) is 17.8. The number of alkyl halides is 3. The van der Waals surface area contributed by atoms with Crippen LogP contribution in [0.15, 0.2) is 29.3 Å². The van der Waals surface area contributed by atoms with E-state index in [9.17, 15) is 13.2 Å². The SMILES string of the molecule is CCNC(=NCC1CCCS1)NCC#Cc1cccc(C(F)(F)F)c1. The molecule has 1 aromatic carbocycles. The van der Waals surface area contributed by atoms with E-state index in [0.29, 0.717) is 23.3 Å². The molecule has 0 saturated carbocycles. The van der Waals surface area contributed by atoms with Crippen molar-refractivity contribution in [2.45, 2.75) is 31.2 Å². The lowest BCUT2D eigenvalue weighted by atomic mass is 10.1. The number of hydrogen-bond donors (Lipinski definition) is 2. The lowest BCUT2D eigenvalue weighted by Crippen LogP contribution is -2.37. The molecule has 1 fully saturated rings. The molecule has 1 unspecified atom stereocenters. The molecule has 1 aromatic rings. The van der Waals surface area contributed by atoms with Crippen LogP contribution in [0.2, 0.25) is 0 Å². The van der Waals surface area contributed by atoms with Crippen LogP contribution in [0, 0.1) is 11.8 Å². The highest BCUT2D eigenvalue weighted by molar-refractivity contribution is 8.00. The summed E-state index contributed by atoms with van der Waals surface area (Å²) in [6.07, 6.45) is -1.90. The summed E-state index contributed by atoms with van der Waals surface area (Å²) in [7, 11) is 0. The van der Waals surface area contributed by atoms with Crippen molar-refractivity contribution in [3.8, 4) is 11.8 Å². The van der Waals surface area contributed by atoms with Gasteiger partial charge in [-0.25, -0.2) is 0 Å². The molecule has 1 atom stereocenters. The first kappa shape index (κ1) is 19.5. The molecular weight excluding hydrogens is 347 g/mol. The van der Waals surface area contributed by atoms with Crippen LogP contribution in [0.3, 0.4) is 0 Å². The van der Waals surface area contributed by atoms with Crippen LogP contribution in [0.4, 0.5) is 13.2 Å². The van der Waals surface area contributed by atoms with E-state index in [1.165, 1.54) is 24.7 Å². The summed E-state index contributed by atoms with van der Waals surface area (Å²) in [5.41, 5.74) is -0.336. The Kier molecular flexibility index (Phi) is 7.51. The summed E-state index contributed by atoms with van der Waals surface area (Å²) in [6, 6.07) is 5.04. The van der Waals surface area contributed by atoms with Crippen LogP contribution < -0.4 is 10.6 Å². The second kappa shape index (κ2) is 9.62. The molecule has 0 aliphatic carbocycles. The summed E-state index contributed by atoms with van der Waals surface area (Å²) in [5, 5.41) is 6.82. The van der Waals surface area contributed by atoms with E-state index in [1.54, 1.807) is 6.07 Å². The van der Waals surface area contributed by atoms with E-state index >= 15 is 0 Å². The van der Waals surface area contributed by atoms with Crippen molar-refractivity contribution >= 4 is 17.7 Å². The van der Waals surface area contributed by atoms with Gasteiger partial charge >= 0.3 is 6.18 Å². The zero-order chi connectivity index (χ0) is 18.1. The zero-order valence-electron chi connectivity index (χ0n) is 14.1. The van der Waals surface area contributed by atoms with Crippen molar-refractivity contribution in [1.82, 2.24) is 10.6 Å². The van der Waals surface area contributed by atoms with Crippen molar-refractivity contribution in [1.29, 1.82) is 0 Å². The molecule has 0 amide bonds. The molecule has 0 spiro atoms. The Morgan fingerprint density at radius 1 is 1.36 bits per heavy atom. The van der Waals surface area contributed by atoms with Gasteiger partial charge in [0.1, 0.15) is 0 Å². The number of guanidine groups is 1. The monoisotopic (exact) mass is 369 g/mol. The minimum absolute atomic E-state index is 0.319. The molecule has 0 bridgehead atoms. The molecular formula is C18H22F3N3S. The summed E-state index contributed by atoms with van der Waals surface area (Å²) in [4.78, 5) is 4.54. The highest BCUT2D eigenvalue weighted by Gasteiger charge is 2.30. The maximum atomic E-state index is 12.7. The fraction of sp³-hybridized carbons (Fsp3) is 0.500. The molecule has 3 nitrogen and oxygen atoms in total. The van der Waals surface area contributed by atoms with Crippen LogP contribution in [-0.4, -0.2) is 36.6 Å². The van der Waals surface area contributed by atoms with Gasteiger partial charge in [-0.05, 0) is 43.7 Å². The van der Waals surface area contributed by atoms with E-state index < -0.39 is 11.7 Å². The third kappa shape index (κ3) is 6.91. The standard InChI is InChI=1S/C18H22F3N3S/c1-2-22-17(24-13-16-9-5-11-25-16)23-10-4-7-14-6-3-8-15(12-14)18(19,20)21/h3,6,8,12,16H,2,5,9-11,13H2,1H3,(H2,22,23,24). The Labute approximate surface area is 150 Å². The summed E-state index contributed by atoms with van der Waals surface area (Å²) in [5.74, 6) is 7.48. The first-order valence-electron chi connectivity index (χ1n) is 8.29. The maximum absolute atomic E-state index is 12.7. The van der Waals surface area contributed by atoms with Gasteiger partial charge in [-0.1, -0.05) is 17.9 Å². The highest BCUT2D eigenvalue weighted by Crippen LogP contribution is 2.29. The van der Waals surface area contributed by atoms with Crippen molar-refractivity contribution in [3.63, 3.8) is 0 Å². The van der Waals surface area contributed by atoms with Crippen LogP contribution in [0.25, 0.3) is 0 Å². The maximum Gasteiger partial charge on any atom is 0.416 e. The number of nitrogens with one attached hydrogen (secondary N) is 2. The Bertz CT molecular complexity index is 641. The number of aliphatic imine (C=N–C) groups is 1. The first-order chi connectivity index (χ1) is 12.0. The average Bonchev–Trinajstić information content (AvgIpc) is 3.09. The number of nitrogens with zero attached hydrogens (tertiary/aromatic N) is 1. The number of benzene rings is 1. The van der Waals surface area contributed by atoms with Crippen molar-refractivity contribution in [2.75, 3.05) is 25.4 Å². The molecule has 25 heavy (non-hydrogen) atoms. The second-order valence-electron chi connectivity index (χ2n) is 5.59. The molecule has 0 aromatic heterocycles. The number of rotatable bonds is 4. The zero-order valence-corrected chi connectivity index (χ0v) is 14.9. The molecule has 7 heteroatoms. The molecule has 0 radical (unpaired) electrons. The van der Waals surface area contributed by atoms with Crippen LogP contribution in [-0.2, 0) is 6.18 Å². The Hall–Kier alpha value is -1.81. The Balaban J connectivity index is 1.89. The molecule has 1 aliphatic rings. The van der Waals surface area contributed by atoms with Gasteiger partial charge in [0, 0.05) is 17.4 Å². The van der Waals surface area contributed by atoms with E-state index in [-0.39, 0.29) is 0 Å². The Morgan fingerprint density at radius 2 is 2.20 bits per heavy atom. The number of thioether (sulfide) groups is 1. The van der Waals surface area contributed by atoms with E-state index in [0.717, 1.165) is 25.2 Å². The quantitative estimate of drug-likeness (QED) is 0.484. The van der Waals surface area contributed by atoms with Gasteiger partial charge in [0.25, 0.3) is 0 Å². The topological polar surface area (TPSA) is 36.4 Å². The minimum Gasteiger partial charge on any atom is -0.357 e. The summed E-state index contributed by atoms with van der Waals surface area (Å²) < 4.78 is 38.0. The van der Waals surface area contributed by atoms with Gasteiger partial charge in [0.15, 0.2) is 5.96 Å². The smallest absolute Gasteiger partial charge is 0.357 e. The fourth-order valence-electron chi connectivity index (χ4n) is 2.37. The average molecular weight is 369 g/mol. The first-order valence-corrected chi connectivity index (χ1v) is 9.34. The number of hydrogen-bond acceptors (Lipinski definition) is 2. The molecule has 136 valence electrons. The second-order valence-corrected chi connectivity index (χ2v) is 7.00. The molecule has 2 rings (SSSR count). The Morgan fingerprint density at radius 3 is 2.88 bits per heavy atom. The van der Waals surface area contributed by atoms with Gasteiger partial charge in [0.05, 0.1) is 18.7 Å². The van der Waals surface area contributed by atoms with Crippen molar-refractivity contribution in [2.24, 2.45) is 4.99 Å². The lowest BCUT2D eigenvalue weighted by Gasteiger charge is -2.10. The lowest BCUT2D eigenvalue weighted by molar-refractivity contribution is -0.137. The van der Waals surface area contributed by atoms with Crippen molar-refractivity contribution < 1.29 is 13.2 Å². The van der Waals surface area contributed by atoms with Crippen LogP contribution in [0.5, 0.6) is 0 Å². The highest BCUT2D eigenvalue weighted by atomic mass is 32.2. The van der Waals surface area contributed by atoms with Crippen LogP contribution >= 0.6 is 11.8 Å². The van der Waals surface area contributed by atoms with Gasteiger partial charge in [-0.3, -0.25) is 4.99 Å². The number of halogens is 3. The molecule has 2 N–H and O–H groups in total. The minimum atomic E-state index is -4.35. The van der Waals surface area contributed by atoms with Gasteiger partial charge in [-0.15, -0.1) is 0 Å². The van der Waals surface area contributed by atoms with E-state index in [1.807, 2.05) is 18.7 Å². The largest absolute Gasteiger partial charge is 0.416 e. The predicted octanol–water partition coefficient (Wildman–Crippen LogP) is 3.51. The third-order valence-electron chi connectivity index (χ3n) is 3.59. The van der Waals surface area contributed by atoms with Gasteiger partial charge < -0.3 is 10.6 Å². The van der Waals surface area contributed by atoms with E-state index in [4.69, 9.17) is 0 Å². The van der Waals surface area contributed by atoms with Gasteiger partial charge in [0.2, 0.25) is 0 Å². The third-order valence-corrected chi connectivity index (χ3v) is 4.97. The van der Waals surface area contributed by atoms with Crippen LogP contribution in [0.1, 0.15) is 30.9 Å². The predicted molar refractivity (Wildman–Crippen MR) is 97.8 cm³/mol. The molecule has 1 aliphatic heterocycles. The molecule has 1 heterocycles. The summed E-state index contributed by atoms with van der Waals surface area (Å²) >= 11 is 1.95. The molecule has 1 saturated heterocycles. The van der Waals surface area contributed by atoms with E-state index in [2.05, 4.69) is 27.5 Å². The fourth-order valence-corrected chi connectivity index (χ4v) is 3.55.